The summed E-state index contributed by atoms with van der Waals surface area (Å²) in [7, 11) is 0. The minimum atomic E-state index is -1.64. The van der Waals surface area contributed by atoms with Gasteiger partial charge in [-0.25, -0.2) is 4.79 Å². The zero-order valence-corrected chi connectivity index (χ0v) is 23.7. The topological polar surface area (TPSA) is 55.8 Å². The first-order valence-electron chi connectivity index (χ1n) is 7.83. The van der Waals surface area contributed by atoms with E-state index in [1.54, 1.807) is 6.92 Å². The monoisotopic (exact) mass is 658 g/mol. The van der Waals surface area contributed by atoms with Crippen LogP contribution in [0.5, 0.6) is 0 Å². The van der Waals surface area contributed by atoms with Crippen LogP contribution in [0, 0.1) is 0 Å². The highest BCUT2D eigenvalue weighted by Gasteiger charge is 2.27. The first-order chi connectivity index (χ1) is 12.9. The Morgan fingerprint density at radius 3 is 1.55 bits per heavy atom. The molecule has 0 spiro atoms. The van der Waals surface area contributed by atoms with Crippen LogP contribution in [0.3, 0.4) is 0 Å². The van der Waals surface area contributed by atoms with Gasteiger partial charge in [-0.1, -0.05) is 133 Å². The van der Waals surface area contributed by atoms with Crippen molar-refractivity contribution in [2.24, 2.45) is 0 Å². The molecule has 0 aromatic rings. The molecular formula is C15H20BrCl9O4. The number of allylic oxidation sites excluding steroid dienone is 1. The van der Waals surface area contributed by atoms with Gasteiger partial charge in [-0.2, -0.15) is 0 Å². The van der Waals surface area contributed by atoms with Crippen molar-refractivity contribution in [2.45, 2.75) is 50.8 Å². The third kappa shape index (κ3) is 23.2. The predicted octanol–water partition coefficient (Wildman–Crippen LogP) is 8.43. The SMILES string of the molecule is C/C(CBr)=C(\CCC(OCC(Cl)(Cl)Cl)OCC(Cl)(Cl)Cl)C(=O)O.CCC(Cl)(Cl)Cl. The Hall–Kier alpha value is 2.22. The molecule has 0 radical (unpaired) electrons. The van der Waals surface area contributed by atoms with E-state index in [1.807, 2.05) is 6.92 Å². The second-order valence-corrected chi connectivity index (χ2v) is 13.6. The quantitative estimate of drug-likeness (QED) is 0.153. The molecule has 0 aliphatic carbocycles. The zero-order valence-electron chi connectivity index (χ0n) is 15.3. The highest BCUT2D eigenvalue weighted by atomic mass is 79.9. The van der Waals surface area contributed by atoms with Gasteiger partial charge >= 0.3 is 5.97 Å². The molecule has 0 aromatic heterocycles. The molecule has 0 aliphatic rings. The Morgan fingerprint density at radius 1 is 0.931 bits per heavy atom. The smallest absolute Gasteiger partial charge is 0.331 e. The van der Waals surface area contributed by atoms with E-state index in [4.69, 9.17) is 114 Å². The number of ether oxygens (including phenoxy) is 2. The van der Waals surface area contributed by atoms with Gasteiger partial charge in [-0.05, 0) is 19.8 Å². The number of halogens is 10. The molecule has 0 fully saturated rings. The molecule has 14 heteroatoms. The van der Waals surface area contributed by atoms with Gasteiger partial charge in [0.05, 0.1) is 13.2 Å². The van der Waals surface area contributed by atoms with Gasteiger partial charge < -0.3 is 14.6 Å². The number of carboxylic acids is 1. The fourth-order valence-electron chi connectivity index (χ4n) is 1.44. The summed E-state index contributed by atoms with van der Waals surface area (Å²) in [4.78, 5) is 11.3. The maximum Gasteiger partial charge on any atom is 0.331 e. The predicted molar refractivity (Wildman–Crippen MR) is 130 cm³/mol. The van der Waals surface area contributed by atoms with Gasteiger partial charge in [-0.15, -0.1) is 0 Å². The molecule has 29 heavy (non-hydrogen) atoms. The van der Waals surface area contributed by atoms with E-state index in [9.17, 15) is 9.90 Å². The van der Waals surface area contributed by atoms with Crippen molar-refractivity contribution in [2.75, 3.05) is 18.5 Å². The van der Waals surface area contributed by atoms with E-state index in [-0.39, 0.29) is 31.6 Å². The summed E-state index contributed by atoms with van der Waals surface area (Å²) in [5.74, 6) is -1.02. The number of aliphatic carboxylic acids is 1. The van der Waals surface area contributed by atoms with Crippen molar-refractivity contribution in [3.05, 3.63) is 11.1 Å². The van der Waals surface area contributed by atoms with E-state index in [0.29, 0.717) is 17.3 Å². The van der Waals surface area contributed by atoms with E-state index >= 15 is 0 Å². The number of carboxylic acid groups (broad SMARTS) is 1. The van der Waals surface area contributed by atoms with Gasteiger partial charge in [0.25, 0.3) is 0 Å². The number of hydrogen-bond acceptors (Lipinski definition) is 3. The first kappa shape index (κ1) is 33.4. The van der Waals surface area contributed by atoms with E-state index in [0.717, 1.165) is 0 Å². The summed E-state index contributed by atoms with van der Waals surface area (Å²) >= 11 is 52.7. The second-order valence-electron chi connectivity index (χ2n) is 5.49. The molecule has 0 heterocycles. The summed E-state index contributed by atoms with van der Waals surface area (Å²) < 4.78 is 6.33. The first-order valence-corrected chi connectivity index (χ1v) is 12.4. The molecule has 0 amide bonds. The third-order valence-corrected chi connectivity index (χ3v) is 5.17. The average molecular weight is 663 g/mol. The second kappa shape index (κ2) is 16.0. The lowest BCUT2D eigenvalue weighted by molar-refractivity contribution is -0.144. The summed E-state index contributed by atoms with van der Waals surface area (Å²) in [6, 6.07) is 0. The lowest BCUT2D eigenvalue weighted by Crippen LogP contribution is -2.27. The maximum absolute atomic E-state index is 11.3. The number of hydrogen-bond donors (Lipinski definition) is 1. The lowest BCUT2D eigenvalue weighted by atomic mass is 10.1. The minimum absolute atomic E-state index is 0.178. The summed E-state index contributed by atoms with van der Waals surface area (Å²) in [5.41, 5.74) is 0.917. The molecule has 1 N–H and O–H groups in total. The molecule has 0 aromatic carbocycles. The molecule has 0 saturated heterocycles. The summed E-state index contributed by atoms with van der Waals surface area (Å²) in [6.45, 7) is 3.00. The van der Waals surface area contributed by atoms with Gasteiger partial charge in [0.15, 0.2) is 10.1 Å². The Morgan fingerprint density at radius 2 is 1.31 bits per heavy atom. The zero-order chi connectivity index (χ0) is 23.5. The summed E-state index contributed by atoms with van der Waals surface area (Å²) in [6.07, 6.45) is 0.0427. The Labute approximate surface area is 224 Å². The Balaban J connectivity index is 0. The third-order valence-electron chi connectivity index (χ3n) is 2.87. The van der Waals surface area contributed by atoms with Gasteiger partial charge in [0.2, 0.25) is 7.59 Å². The van der Waals surface area contributed by atoms with Crippen LogP contribution in [0.1, 0.15) is 33.1 Å². The van der Waals surface area contributed by atoms with Crippen molar-refractivity contribution < 1.29 is 19.4 Å². The Bertz CT molecular complexity index is 495. The van der Waals surface area contributed by atoms with Gasteiger partial charge in [0, 0.05) is 17.3 Å². The molecule has 0 bridgehead atoms. The number of rotatable bonds is 9. The molecule has 174 valence electrons. The number of alkyl halides is 10. The van der Waals surface area contributed by atoms with Crippen LogP contribution in [-0.2, 0) is 14.3 Å². The van der Waals surface area contributed by atoms with Crippen LogP contribution in [0.25, 0.3) is 0 Å². The maximum atomic E-state index is 11.3. The van der Waals surface area contributed by atoms with E-state index in [1.165, 1.54) is 0 Å². The molecule has 0 aliphatic heterocycles. The summed E-state index contributed by atoms with van der Waals surface area (Å²) in [5, 5.41) is 9.65. The largest absolute Gasteiger partial charge is 0.478 e. The highest BCUT2D eigenvalue weighted by Crippen LogP contribution is 2.30. The van der Waals surface area contributed by atoms with Crippen LogP contribution in [-0.4, -0.2) is 47.3 Å². The van der Waals surface area contributed by atoms with Crippen molar-refractivity contribution in [1.29, 1.82) is 0 Å². The molecule has 0 atom stereocenters. The molecule has 4 nitrogen and oxygen atoms in total. The van der Waals surface area contributed by atoms with Crippen LogP contribution in [0.15, 0.2) is 11.1 Å². The Kier molecular flexibility index (Phi) is 18.4. The standard InChI is InChI=1S/C12H15BrCl6O4.C3H5Cl3/c1-7(4-13)8(10(20)21)2-3-9(22-5-11(14,15)16)23-6-12(17,18)19;1-2-3(4,5)6/h9H,2-6H2,1H3,(H,20,21);2H2,1H3/b8-7-;. The average Bonchev–Trinajstić information content (AvgIpc) is 2.54. The molecular weight excluding hydrogens is 643 g/mol. The molecule has 0 rings (SSSR count). The van der Waals surface area contributed by atoms with Crippen molar-refractivity contribution in [3.63, 3.8) is 0 Å². The van der Waals surface area contributed by atoms with E-state index < -0.39 is 23.6 Å². The molecule has 0 saturated carbocycles. The van der Waals surface area contributed by atoms with Crippen LogP contribution >= 0.6 is 120 Å². The van der Waals surface area contributed by atoms with E-state index in [2.05, 4.69) is 15.9 Å². The fraction of sp³-hybridized carbons (Fsp3) is 0.800. The van der Waals surface area contributed by atoms with Crippen LogP contribution < -0.4 is 0 Å². The lowest BCUT2D eigenvalue weighted by Gasteiger charge is -2.23. The normalized spacial score (nSPS) is 13.7. The fourth-order valence-corrected chi connectivity index (χ4v) is 2.15. The van der Waals surface area contributed by atoms with Crippen LogP contribution in [0.2, 0.25) is 0 Å². The van der Waals surface area contributed by atoms with Crippen molar-refractivity contribution in [3.8, 4) is 0 Å². The van der Waals surface area contributed by atoms with Crippen molar-refractivity contribution >= 4 is 126 Å². The van der Waals surface area contributed by atoms with Gasteiger partial charge in [-0.3, -0.25) is 0 Å². The molecule has 0 unspecified atom stereocenters. The van der Waals surface area contributed by atoms with Crippen LogP contribution in [0.4, 0.5) is 0 Å². The number of carbonyl (C=O) groups is 1. The van der Waals surface area contributed by atoms with Crippen molar-refractivity contribution in [1.82, 2.24) is 0 Å². The minimum Gasteiger partial charge on any atom is -0.478 e. The highest BCUT2D eigenvalue weighted by molar-refractivity contribution is 9.09. The van der Waals surface area contributed by atoms with Gasteiger partial charge in [0.1, 0.15) is 0 Å².